The molecule has 20 heavy (non-hydrogen) atoms. The van der Waals surface area contributed by atoms with Crippen molar-refractivity contribution < 1.29 is 14.4 Å². The predicted molar refractivity (Wildman–Crippen MR) is 76.9 cm³/mol. The predicted octanol–water partition coefficient (Wildman–Crippen LogP) is 2.06. The quantitative estimate of drug-likeness (QED) is 0.827. The highest BCUT2D eigenvalue weighted by Crippen LogP contribution is 2.25. The topological polar surface area (TPSA) is 51.1 Å². The van der Waals surface area contributed by atoms with E-state index in [0.717, 1.165) is 17.0 Å². The monoisotopic (exact) mass is 276 g/mol. The second kappa shape index (κ2) is 6.41. The highest BCUT2D eigenvalue weighted by atomic mass is 16.6. The first kappa shape index (κ1) is 14.4. The fourth-order valence-electron chi connectivity index (χ4n) is 2.29. The molecule has 0 spiro atoms. The van der Waals surface area contributed by atoms with E-state index in [2.05, 4.69) is 5.16 Å². The highest BCUT2D eigenvalue weighted by molar-refractivity contribution is 6.05. The van der Waals surface area contributed by atoms with Gasteiger partial charge in [0, 0.05) is 25.1 Å². The minimum atomic E-state index is -0.519. The number of hydrogen-bond donors (Lipinski definition) is 0. The molecule has 2 rings (SSSR count). The van der Waals surface area contributed by atoms with Crippen LogP contribution >= 0.6 is 0 Å². The van der Waals surface area contributed by atoms with Gasteiger partial charge in [0.2, 0.25) is 6.10 Å². The second-order valence-corrected chi connectivity index (χ2v) is 4.55. The molecule has 0 radical (unpaired) electrons. The minimum absolute atomic E-state index is 0.0105. The number of para-hydroxylation sites is 1. The van der Waals surface area contributed by atoms with Crippen LogP contribution in [0.15, 0.2) is 29.4 Å². The zero-order valence-electron chi connectivity index (χ0n) is 12.1. The third-order valence-corrected chi connectivity index (χ3v) is 3.44. The van der Waals surface area contributed by atoms with Gasteiger partial charge in [-0.2, -0.15) is 0 Å². The van der Waals surface area contributed by atoms with Crippen LogP contribution in [0.2, 0.25) is 0 Å². The number of oxime groups is 1. The summed E-state index contributed by atoms with van der Waals surface area (Å²) in [6.07, 6.45) is -0.0368. The summed E-state index contributed by atoms with van der Waals surface area (Å²) in [7, 11) is 1.62. The number of nitrogens with zero attached hydrogens (tertiary/aromatic N) is 2. The molecule has 0 aromatic heterocycles. The standard InChI is InChI=1S/C15H20N2O3/c1-4-17(5-2)15(18)14-10-12(16-20-14)11-8-6-7-9-13(11)19-3/h6-9,14H,4-5,10H2,1-3H3/t14-/m1/s1. The molecule has 0 N–H and O–H groups in total. The van der Waals surface area contributed by atoms with E-state index < -0.39 is 6.10 Å². The van der Waals surface area contributed by atoms with Gasteiger partial charge in [-0.3, -0.25) is 4.79 Å². The van der Waals surface area contributed by atoms with E-state index in [1.54, 1.807) is 12.0 Å². The number of carbonyl (C=O) groups excluding carboxylic acids is 1. The molecule has 1 aromatic rings. The Morgan fingerprint density at radius 3 is 2.75 bits per heavy atom. The lowest BCUT2D eigenvalue weighted by Gasteiger charge is -2.21. The van der Waals surface area contributed by atoms with E-state index in [0.29, 0.717) is 19.5 Å². The van der Waals surface area contributed by atoms with E-state index in [1.165, 1.54) is 0 Å². The zero-order chi connectivity index (χ0) is 14.5. The van der Waals surface area contributed by atoms with Gasteiger partial charge in [-0.25, -0.2) is 0 Å². The lowest BCUT2D eigenvalue weighted by atomic mass is 10.0. The third kappa shape index (κ3) is 2.76. The van der Waals surface area contributed by atoms with Crippen molar-refractivity contribution in [3.8, 4) is 5.75 Å². The Balaban J connectivity index is 2.10. The molecule has 1 aliphatic rings. The van der Waals surface area contributed by atoms with E-state index in [-0.39, 0.29) is 5.91 Å². The number of carbonyl (C=O) groups is 1. The maximum absolute atomic E-state index is 12.2. The molecular formula is C15H20N2O3. The normalized spacial score (nSPS) is 17.4. The molecule has 0 aliphatic carbocycles. The van der Waals surface area contributed by atoms with Gasteiger partial charge in [0.1, 0.15) is 5.75 Å². The summed E-state index contributed by atoms with van der Waals surface area (Å²) >= 11 is 0. The molecule has 0 unspecified atom stereocenters. The third-order valence-electron chi connectivity index (χ3n) is 3.44. The van der Waals surface area contributed by atoms with E-state index in [4.69, 9.17) is 9.57 Å². The molecule has 1 aliphatic heterocycles. The number of benzene rings is 1. The van der Waals surface area contributed by atoms with Gasteiger partial charge in [0.25, 0.3) is 5.91 Å². The van der Waals surface area contributed by atoms with Gasteiger partial charge in [-0.15, -0.1) is 0 Å². The van der Waals surface area contributed by atoms with Crippen LogP contribution in [0.25, 0.3) is 0 Å². The lowest BCUT2D eigenvalue weighted by Crippen LogP contribution is -2.39. The van der Waals surface area contributed by atoms with Crippen molar-refractivity contribution in [1.82, 2.24) is 4.90 Å². The molecule has 1 amide bonds. The molecule has 1 atom stereocenters. The van der Waals surface area contributed by atoms with Gasteiger partial charge < -0.3 is 14.5 Å². The SMILES string of the molecule is CCN(CC)C(=O)[C@H]1CC(c2ccccc2OC)=NO1. The molecule has 0 fully saturated rings. The van der Waals surface area contributed by atoms with Crippen molar-refractivity contribution in [2.75, 3.05) is 20.2 Å². The summed E-state index contributed by atoms with van der Waals surface area (Å²) in [5.74, 6) is 0.731. The molecular weight excluding hydrogens is 256 g/mol. The minimum Gasteiger partial charge on any atom is -0.496 e. The summed E-state index contributed by atoms with van der Waals surface area (Å²) in [6, 6.07) is 7.61. The Hall–Kier alpha value is -2.04. The number of hydrogen-bond acceptors (Lipinski definition) is 4. The average Bonchev–Trinajstić information content (AvgIpc) is 2.98. The maximum Gasteiger partial charge on any atom is 0.266 e. The Morgan fingerprint density at radius 2 is 2.10 bits per heavy atom. The molecule has 0 saturated carbocycles. The molecule has 5 nitrogen and oxygen atoms in total. The van der Waals surface area contributed by atoms with Crippen LogP contribution in [0.4, 0.5) is 0 Å². The van der Waals surface area contributed by atoms with Gasteiger partial charge >= 0.3 is 0 Å². The van der Waals surface area contributed by atoms with Crippen molar-refractivity contribution in [2.24, 2.45) is 5.16 Å². The van der Waals surface area contributed by atoms with Crippen molar-refractivity contribution in [2.45, 2.75) is 26.4 Å². The summed E-state index contributed by atoms with van der Waals surface area (Å²) < 4.78 is 5.31. The second-order valence-electron chi connectivity index (χ2n) is 4.55. The van der Waals surface area contributed by atoms with Crippen LogP contribution in [-0.2, 0) is 9.63 Å². The fourth-order valence-corrected chi connectivity index (χ4v) is 2.29. The number of ether oxygens (including phenoxy) is 1. The highest BCUT2D eigenvalue weighted by Gasteiger charge is 2.32. The summed E-state index contributed by atoms with van der Waals surface area (Å²) in [6.45, 7) is 5.27. The number of rotatable bonds is 5. The Bertz CT molecular complexity index is 510. The Kier molecular flexibility index (Phi) is 4.61. The molecule has 5 heteroatoms. The Labute approximate surface area is 119 Å². The van der Waals surface area contributed by atoms with Gasteiger partial charge in [0.05, 0.1) is 12.8 Å². The molecule has 1 heterocycles. The van der Waals surface area contributed by atoms with E-state index in [1.807, 2.05) is 38.1 Å². The fraction of sp³-hybridized carbons (Fsp3) is 0.467. The first-order valence-corrected chi connectivity index (χ1v) is 6.86. The van der Waals surface area contributed by atoms with Crippen LogP contribution in [0.1, 0.15) is 25.8 Å². The molecule has 0 bridgehead atoms. The maximum atomic E-state index is 12.2. The number of methoxy groups -OCH3 is 1. The van der Waals surface area contributed by atoms with Crippen molar-refractivity contribution in [3.63, 3.8) is 0 Å². The largest absolute Gasteiger partial charge is 0.496 e. The van der Waals surface area contributed by atoms with E-state index in [9.17, 15) is 4.79 Å². The summed E-state index contributed by atoms with van der Waals surface area (Å²) in [5, 5.41) is 4.06. The summed E-state index contributed by atoms with van der Waals surface area (Å²) in [5.41, 5.74) is 1.64. The van der Waals surface area contributed by atoms with Crippen LogP contribution in [0.5, 0.6) is 5.75 Å². The van der Waals surface area contributed by atoms with Gasteiger partial charge in [0.15, 0.2) is 0 Å². The van der Waals surface area contributed by atoms with Crippen LogP contribution in [-0.4, -0.2) is 42.8 Å². The molecule has 0 saturated heterocycles. The average molecular weight is 276 g/mol. The van der Waals surface area contributed by atoms with Crippen LogP contribution in [0.3, 0.4) is 0 Å². The lowest BCUT2D eigenvalue weighted by molar-refractivity contribution is -0.141. The van der Waals surface area contributed by atoms with Crippen molar-refractivity contribution in [1.29, 1.82) is 0 Å². The molecule has 1 aromatic carbocycles. The van der Waals surface area contributed by atoms with Gasteiger partial charge in [-0.05, 0) is 26.0 Å². The van der Waals surface area contributed by atoms with Gasteiger partial charge in [-0.1, -0.05) is 17.3 Å². The Morgan fingerprint density at radius 1 is 1.40 bits per heavy atom. The first-order valence-electron chi connectivity index (χ1n) is 6.86. The van der Waals surface area contributed by atoms with Crippen molar-refractivity contribution in [3.05, 3.63) is 29.8 Å². The first-order chi connectivity index (χ1) is 9.71. The van der Waals surface area contributed by atoms with Crippen molar-refractivity contribution >= 4 is 11.6 Å². The zero-order valence-corrected chi connectivity index (χ0v) is 12.1. The van der Waals surface area contributed by atoms with Crippen LogP contribution in [0, 0.1) is 0 Å². The number of amides is 1. The van der Waals surface area contributed by atoms with Crippen LogP contribution < -0.4 is 4.74 Å². The summed E-state index contributed by atoms with van der Waals surface area (Å²) in [4.78, 5) is 19.3. The van der Waals surface area contributed by atoms with E-state index >= 15 is 0 Å². The smallest absolute Gasteiger partial charge is 0.266 e. The molecule has 108 valence electrons. The number of likely N-dealkylation sites (N-methyl/N-ethyl adjacent to an activating group) is 1.